The highest BCUT2D eigenvalue weighted by molar-refractivity contribution is 7.99. The highest BCUT2D eigenvalue weighted by atomic mass is 32.2. The van der Waals surface area contributed by atoms with Crippen LogP contribution in [0.1, 0.15) is 45.4 Å². The Bertz CT molecular complexity index is 752. The number of anilines is 1. The molecule has 1 aromatic heterocycles. The second-order valence-electron chi connectivity index (χ2n) is 6.56. The molecule has 1 heterocycles. The maximum atomic E-state index is 10.1. The minimum absolute atomic E-state index is 0.131. The third-order valence-electron chi connectivity index (χ3n) is 4.53. The number of allylic oxidation sites excluding steroid dienone is 2. The number of nitrogens with one attached hydrogen (secondary N) is 1. The van der Waals surface area contributed by atoms with Gasteiger partial charge >= 0.3 is 0 Å². The summed E-state index contributed by atoms with van der Waals surface area (Å²) in [5.74, 6) is 1.14. The molecule has 24 heavy (non-hydrogen) atoms. The van der Waals surface area contributed by atoms with Crippen LogP contribution in [0, 0.1) is 0 Å². The zero-order chi connectivity index (χ0) is 17.2. The molecule has 5 nitrogen and oxygen atoms in total. The van der Waals surface area contributed by atoms with Crippen LogP contribution in [-0.2, 0) is 5.41 Å². The molecule has 0 saturated heterocycles. The first-order valence-electron chi connectivity index (χ1n) is 8.18. The smallest absolute Gasteiger partial charge is 0.261 e. The molecule has 1 aromatic carbocycles. The van der Waals surface area contributed by atoms with Crippen molar-refractivity contribution >= 4 is 17.6 Å². The normalized spacial score (nSPS) is 15.2. The minimum Gasteiger partial charge on any atom is -0.507 e. The largest absolute Gasteiger partial charge is 0.507 e. The number of hydrogen-bond donors (Lipinski definition) is 2. The van der Waals surface area contributed by atoms with Gasteiger partial charge < -0.3 is 14.4 Å². The first-order valence-corrected chi connectivity index (χ1v) is 9.41. The molecule has 0 saturated carbocycles. The van der Waals surface area contributed by atoms with Crippen LogP contribution in [0.2, 0.25) is 0 Å². The molecule has 0 aliphatic heterocycles. The Morgan fingerprint density at radius 2 is 2.12 bits per heavy atom. The lowest BCUT2D eigenvalue weighted by atomic mass is 9.78. The average Bonchev–Trinajstić information content (AvgIpc) is 3.08. The fourth-order valence-electron chi connectivity index (χ4n) is 3.02. The first-order chi connectivity index (χ1) is 11.5. The third-order valence-corrected chi connectivity index (χ3v) is 4.97. The van der Waals surface area contributed by atoms with Crippen LogP contribution >= 0.6 is 11.9 Å². The molecule has 0 atom stereocenters. The fraction of sp³-hybridized carbons (Fsp3) is 0.444. The average molecular weight is 345 g/mol. The van der Waals surface area contributed by atoms with Crippen molar-refractivity contribution < 1.29 is 9.63 Å². The number of phenols is 1. The van der Waals surface area contributed by atoms with Crippen molar-refractivity contribution in [3.05, 3.63) is 35.7 Å². The van der Waals surface area contributed by atoms with Gasteiger partial charge in [-0.05, 0) is 57.7 Å². The maximum Gasteiger partial charge on any atom is 0.261 e. The topological polar surface area (TPSA) is 71.2 Å². The third kappa shape index (κ3) is 3.29. The summed E-state index contributed by atoms with van der Waals surface area (Å²) >= 11 is 1.49. The molecule has 0 amide bonds. The van der Waals surface area contributed by atoms with E-state index in [-0.39, 0.29) is 11.2 Å². The molecule has 6 heteroatoms. The lowest BCUT2D eigenvalue weighted by Gasteiger charge is -2.27. The van der Waals surface area contributed by atoms with Crippen molar-refractivity contribution in [2.24, 2.45) is 0 Å². The monoisotopic (exact) mass is 345 g/mol. The van der Waals surface area contributed by atoms with E-state index < -0.39 is 0 Å². The van der Waals surface area contributed by atoms with E-state index in [4.69, 9.17) is 4.52 Å². The summed E-state index contributed by atoms with van der Waals surface area (Å²) < 4.78 is 8.60. The number of benzene rings is 1. The molecule has 0 fully saturated rings. The van der Waals surface area contributed by atoms with E-state index in [1.807, 2.05) is 18.4 Å². The van der Waals surface area contributed by atoms with Crippen LogP contribution in [0.25, 0.3) is 11.5 Å². The van der Waals surface area contributed by atoms with Gasteiger partial charge in [0, 0.05) is 17.4 Å². The molecule has 2 aromatic rings. The SMILES string of the molecule is CSNc1ccc(O)c(-c2nc(C(C)(C)C3=CCCCC3)no2)c1. The number of hydrogen-bond acceptors (Lipinski definition) is 6. The lowest BCUT2D eigenvalue weighted by molar-refractivity contribution is 0.400. The highest BCUT2D eigenvalue weighted by Crippen LogP contribution is 2.37. The predicted molar refractivity (Wildman–Crippen MR) is 98.1 cm³/mol. The van der Waals surface area contributed by atoms with Gasteiger partial charge in [0.05, 0.1) is 5.56 Å². The van der Waals surface area contributed by atoms with E-state index >= 15 is 0 Å². The van der Waals surface area contributed by atoms with E-state index in [1.54, 1.807) is 6.07 Å². The standard InChI is InChI=1S/C18H23N3O2S/c1-18(2,12-7-5-4-6-8-12)17-19-16(23-20-17)14-11-13(21-24-3)9-10-15(14)22/h7,9-11,21-22H,4-6,8H2,1-3H3. The summed E-state index contributed by atoms with van der Waals surface area (Å²) in [5, 5.41) is 14.3. The summed E-state index contributed by atoms with van der Waals surface area (Å²) in [5.41, 5.74) is 2.53. The fourth-order valence-corrected chi connectivity index (χ4v) is 3.39. The molecule has 2 N–H and O–H groups in total. The Hall–Kier alpha value is -1.95. The quantitative estimate of drug-likeness (QED) is 0.456. The van der Waals surface area contributed by atoms with Crippen molar-refractivity contribution in [2.75, 3.05) is 11.0 Å². The van der Waals surface area contributed by atoms with Crippen molar-refractivity contribution in [3.8, 4) is 17.2 Å². The van der Waals surface area contributed by atoms with Crippen molar-refractivity contribution in [2.45, 2.75) is 44.9 Å². The van der Waals surface area contributed by atoms with Crippen LogP contribution < -0.4 is 4.72 Å². The minimum atomic E-state index is -0.257. The summed E-state index contributed by atoms with van der Waals surface area (Å²) in [4.78, 5) is 4.58. The van der Waals surface area contributed by atoms with Gasteiger partial charge in [-0.1, -0.05) is 28.8 Å². The van der Waals surface area contributed by atoms with Gasteiger partial charge in [0.25, 0.3) is 5.89 Å². The Morgan fingerprint density at radius 1 is 1.29 bits per heavy atom. The zero-order valence-corrected chi connectivity index (χ0v) is 15.1. The number of phenolic OH excluding ortho intramolecular Hbond substituents is 1. The molecule has 0 spiro atoms. The van der Waals surface area contributed by atoms with Crippen molar-refractivity contribution in [1.29, 1.82) is 0 Å². The van der Waals surface area contributed by atoms with E-state index in [1.165, 1.54) is 30.4 Å². The molecule has 0 radical (unpaired) electrons. The van der Waals surface area contributed by atoms with E-state index in [9.17, 15) is 5.11 Å². The molecule has 3 rings (SSSR count). The number of rotatable bonds is 5. The van der Waals surface area contributed by atoms with Gasteiger partial charge in [-0.2, -0.15) is 4.98 Å². The van der Waals surface area contributed by atoms with Gasteiger partial charge in [-0.3, -0.25) is 0 Å². The number of aromatic nitrogens is 2. The summed E-state index contributed by atoms with van der Waals surface area (Å²) in [6, 6.07) is 5.26. The van der Waals surface area contributed by atoms with Crippen LogP contribution in [0.15, 0.2) is 34.4 Å². The van der Waals surface area contributed by atoms with E-state index in [2.05, 4.69) is 34.8 Å². The van der Waals surface area contributed by atoms with E-state index in [0.717, 1.165) is 18.5 Å². The van der Waals surface area contributed by atoms with Gasteiger partial charge in [0.2, 0.25) is 0 Å². The van der Waals surface area contributed by atoms with Crippen LogP contribution in [0.4, 0.5) is 5.69 Å². The lowest BCUT2D eigenvalue weighted by Crippen LogP contribution is -2.23. The molecule has 128 valence electrons. The first kappa shape index (κ1) is 16.9. The van der Waals surface area contributed by atoms with Gasteiger partial charge in [-0.15, -0.1) is 0 Å². The van der Waals surface area contributed by atoms with Crippen LogP contribution in [-0.4, -0.2) is 21.5 Å². The van der Waals surface area contributed by atoms with Crippen LogP contribution in [0.5, 0.6) is 5.75 Å². The zero-order valence-electron chi connectivity index (χ0n) is 14.3. The second-order valence-corrected chi connectivity index (χ2v) is 7.17. The summed E-state index contributed by atoms with van der Waals surface area (Å²) in [7, 11) is 0. The second kappa shape index (κ2) is 6.89. The summed E-state index contributed by atoms with van der Waals surface area (Å²) in [6.07, 6.45) is 8.91. The highest BCUT2D eigenvalue weighted by Gasteiger charge is 2.32. The number of aromatic hydroxyl groups is 1. The predicted octanol–water partition coefficient (Wildman–Crippen LogP) is 4.91. The van der Waals surface area contributed by atoms with Crippen LogP contribution in [0.3, 0.4) is 0 Å². The maximum absolute atomic E-state index is 10.1. The molecule has 0 bridgehead atoms. The van der Waals surface area contributed by atoms with Crippen molar-refractivity contribution in [3.63, 3.8) is 0 Å². The molecule has 1 aliphatic rings. The Labute approximate surface area is 146 Å². The number of nitrogens with zero attached hydrogens (tertiary/aromatic N) is 2. The molecular formula is C18H23N3O2S. The molecule has 0 unspecified atom stereocenters. The van der Waals surface area contributed by atoms with Gasteiger partial charge in [-0.25, -0.2) is 0 Å². The van der Waals surface area contributed by atoms with Crippen molar-refractivity contribution in [1.82, 2.24) is 10.1 Å². The Kier molecular flexibility index (Phi) is 4.85. The Morgan fingerprint density at radius 3 is 2.83 bits per heavy atom. The van der Waals surface area contributed by atoms with Gasteiger partial charge in [0.1, 0.15) is 5.75 Å². The van der Waals surface area contributed by atoms with E-state index in [0.29, 0.717) is 17.3 Å². The van der Waals surface area contributed by atoms with Gasteiger partial charge in [0.15, 0.2) is 5.82 Å². The summed E-state index contributed by atoms with van der Waals surface area (Å²) in [6.45, 7) is 4.26. The molecular weight excluding hydrogens is 322 g/mol. The Balaban J connectivity index is 1.93. The molecule has 1 aliphatic carbocycles.